The normalized spacial score (nSPS) is 16.9. The van der Waals surface area contributed by atoms with Gasteiger partial charge in [-0.15, -0.1) is 0 Å². The Morgan fingerprint density at radius 1 is 1.08 bits per heavy atom. The Hall–Kier alpha value is -4.33. The van der Waals surface area contributed by atoms with Crippen LogP contribution in [0, 0.1) is 12.7 Å². The number of aliphatic hydroxyl groups is 1. The smallest absolute Gasteiger partial charge is 0.295 e. The number of likely N-dealkylation sites (tertiary alicyclic amines) is 1. The summed E-state index contributed by atoms with van der Waals surface area (Å²) in [6.07, 6.45) is 0. The number of nitrogens with zero attached hydrogens (tertiary/aromatic N) is 1. The highest BCUT2D eigenvalue weighted by Gasteiger charge is 2.46. The van der Waals surface area contributed by atoms with Gasteiger partial charge in [-0.2, -0.15) is 0 Å². The molecule has 1 heterocycles. The van der Waals surface area contributed by atoms with Gasteiger partial charge in [0.05, 0.1) is 25.3 Å². The zero-order valence-electron chi connectivity index (χ0n) is 20.1. The number of aromatic hydroxyl groups is 1. The van der Waals surface area contributed by atoms with Crippen LogP contribution in [0.3, 0.4) is 0 Å². The maximum atomic E-state index is 13.9. The summed E-state index contributed by atoms with van der Waals surface area (Å²) in [5, 5.41) is 21.4. The van der Waals surface area contributed by atoms with Crippen LogP contribution in [0.1, 0.15) is 35.2 Å². The van der Waals surface area contributed by atoms with Crippen molar-refractivity contribution in [2.45, 2.75) is 26.4 Å². The van der Waals surface area contributed by atoms with Gasteiger partial charge in [0.15, 0.2) is 11.5 Å². The summed E-state index contributed by atoms with van der Waals surface area (Å²) in [5.74, 6) is -1.87. The van der Waals surface area contributed by atoms with E-state index in [-0.39, 0.29) is 41.4 Å². The van der Waals surface area contributed by atoms with E-state index in [1.807, 2.05) is 0 Å². The number of ketones is 1. The summed E-state index contributed by atoms with van der Waals surface area (Å²) in [5.41, 5.74) is 1.52. The van der Waals surface area contributed by atoms with E-state index in [2.05, 4.69) is 0 Å². The lowest BCUT2D eigenvalue weighted by atomic mass is 9.94. The number of methoxy groups -OCH3 is 1. The second kappa shape index (κ2) is 10.1. The van der Waals surface area contributed by atoms with E-state index in [9.17, 15) is 24.2 Å². The summed E-state index contributed by atoms with van der Waals surface area (Å²) in [4.78, 5) is 27.9. The number of halogens is 1. The minimum atomic E-state index is -0.985. The van der Waals surface area contributed by atoms with Crippen molar-refractivity contribution in [2.24, 2.45) is 0 Å². The third kappa shape index (κ3) is 4.62. The number of benzene rings is 3. The Labute approximate surface area is 208 Å². The molecule has 8 heteroatoms. The Balaban J connectivity index is 1.89. The number of aliphatic hydroxyl groups excluding tert-OH is 1. The average Bonchev–Trinajstić information content (AvgIpc) is 3.11. The number of Topliss-reactive ketones (excluding diaryl/α,β-unsaturated/α-hetero) is 1. The molecule has 1 atom stereocenters. The van der Waals surface area contributed by atoms with Crippen molar-refractivity contribution in [3.8, 4) is 17.2 Å². The Kier molecular flexibility index (Phi) is 6.96. The van der Waals surface area contributed by atoms with Crippen LogP contribution in [0.4, 0.5) is 4.39 Å². The molecule has 0 aliphatic carbocycles. The number of phenols is 1. The highest BCUT2D eigenvalue weighted by atomic mass is 19.1. The number of carbonyl (C=O) groups excluding carboxylic acids is 2. The average molecular weight is 492 g/mol. The molecular formula is C28H26FNO6. The first kappa shape index (κ1) is 24.8. The van der Waals surface area contributed by atoms with Gasteiger partial charge in [-0.3, -0.25) is 9.59 Å². The van der Waals surface area contributed by atoms with Gasteiger partial charge in [0, 0.05) is 12.1 Å². The fourth-order valence-corrected chi connectivity index (χ4v) is 4.28. The van der Waals surface area contributed by atoms with Crippen molar-refractivity contribution in [3.63, 3.8) is 0 Å². The van der Waals surface area contributed by atoms with Crippen LogP contribution in [0.15, 0.2) is 66.2 Å². The standard InChI is InChI=1S/C28H26FNO6/c1-4-36-23-14-18(9-11-22(23)31)25-24(26(32)19-8-10-21(29)16(2)12-19)27(33)28(34)30(25)15-17-6-5-7-20(13-17)35-3/h5-14,25,31-32H,4,15H2,1-3H3/b26-24-. The highest BCUT2D eigenvalue weighted by molar-refractivity contribution is 6.46. The molecule has 186 valence electrons. The minimum absolute atomic E-state index is 0.0521. The number of phenolic OH excluding ortho intramolecular Hbond substituents is 1. The van der Waals surface area contributed by atoms with Crippen molar-refractivity contribution in [3.05, 3.63) is 94.3 Å². The quantitative estimate of drug-likeness (QED) is 0.278. The summed E-state index contributed by atoms with van der Waals surface area (Å²) in [6.45, 7) is 3.64. The number of hydrogen-bond donors (Lipinski definition) is 2. The molecule has 4 rings (SSSR count). The first-order chi connectivity index (χ1) is 17.2. The minimum Gasteiger partial charge on any atom is -0.507 e. The second-order valence-corrected chi connectivity index (χ2v) is 8.40. The summed E-state index contributed by atoms with van der Waals surface area (Å²) in [6, 6.07) is 14.6. The molecule has 1 amide bonds. The Morgan fingerprint density at radius 2 is 1.86 bits per heavy atom. The fraction of sp³-hybridized carbons (Fsp3) is 0.214. The number of carbonyl (C=O) groups is 2. The summed E-state index contributed by atoms with van der Waals surface area (Å²) in [7, 11) is 1.53. The van der Waals surface area contributed by atoms with Crippen LogP contribution < -0.4 is 9.47 Å². The number of ether oxygens (including phenoxy) is 2. The van der Waals surface area contributed by atoms with E-state index in [4.69, 9.17) is 9.47 Å². The molecule has 0 radical (unpaired) electrons. The summed E-state index contributed by atoms with van der Waals surface area (Å²) < 4.78 is 24.7. The molecule has 0 spiro atoms. The van der Waals surface area contributed by atoms with Crippen LogP contribution in [0.5, 0.6) is 17.2 Å². The van der Waals surface area contributed by atoms with Gasteiger partial charge in [-0.25, -0.2) is 4.39 Å². The van der Waals surface area contributed by atoms with Gasteiger partial charge in [0.25, 0.3) is 11.7 Å². The zero-order chi connectivity index (χ0) is 26.0. The molecule has 3 aromatic carbocycles. The zero-order valence-corrected chi connectivity index (χ0v) is 20.1. The van der Waals surface area contributed by atoms with Gasteiger partial charge in [0.1, 0.15) is 17.3 Å². The van der Waals surface area contributed by atoms with E-state index in [0.29, 0.717) is 16.9 Å². The van der Waals surface area contributed by atoms with Crippen molar-refractivity contribution in [1.29, 1.82) is 0 Å². The van der Waals surface area contributed by atoms with Gasteiger partial charge < -0.3 is 24.6 Å². The van der Waals surface area contributed by atoms with Crippen molar-refractivity contribution < 1.29 is 33.7 Å². The molecule has 1 saturated heterocycles. The van der Waals surface area contributed by atoms with E-state index >= 15 is 0 Å². The Bertz CT molecular complexity index is 1370. The lowest BCUT2D eigenvalue weighted by Crippen LogP contribution is -2.29. The molecule has 7 nitrogen and oxygen atoms in total. The van der Waals surface area contributed by atoms with Crippen molar-refractivity contribution in [2.75, 3.05) is 13.7 Å². The van der Waals surface area contributed by atoms with Crippen LogP contribution in [0.25, 0.3) is 5.76 Å². The fourth-order valence-electron chi connectivity index (χ4n) is 4.28. The van der Waals surface area contributed by atoms with Crippen molar-refractivity contribution >= 4 is 17.4 Å². The molecule has 1 aliphatic heterocycles. The molecule has 1 fully saturated rings. The van der Waals surface area contributed by atoms with E-state index in [1.165, 1.54) is 42.3 Å². The number of amides is 1. The summed E-state index contributed by atoms with van der Waals surface area (Å²) >= 11 is 0. The molecule has 0 aromatic heterocycles. The van der Waals surface area contributed by atoms with Gasteiger partial charge in [-0.1, -0.05) is 18.2 Å². The first-order valence-corrected chi connectivity index (χ1v) is 11.4. The second-order valence-electron chi connectivity index (χ2n) is 8.40. The molecule has 2 N–H and O–H groups in total. The molecule has 36 heavy (non-hydrogen) atoms. The molecule has 3 aromatic rings. The van der Waals surface area contributed by atoms with E-state index in [0.717, 1.165) is 0 Å². The predicted molar refractivity (Wildman–Crippen MR) is 131 cm³/mol. The largest absolute Gasteiger partial charge is 0.507 e. The third-order valence-corrected chi connectivity index (χ3v) is 6.06. The van der Waals surface area contributed by atoms with Crippen LogP contribution >= 0.6 is 0 Å². The third-order valence-electron chi connectivity index (χ3n) is 6.06. The molecule has 0 saturated carbocycles. The van der Waals surface area contributed by atoms with Crippen LogP contribution in [-0.2, 0) is 16.1 Å². The molecule has 0 bridgehead atoms. The highest BCUT2D eigenvalue weighted by Crippen LogP contribution is 2.42. The van der Waals surface area contributed by atoms with Gasteiger partial charge >= 0.3 is 0 Å². The molecule has 1 aliphatic rings. The monoisotopic (exact) mass is 491 g/mol. The molecular weight excluding hydrogens is 465 g/mol. The van der Waals surface area contributed by atoms with Crippen LogP contribution in [0.2, 0.25) is 0 Å². The van der Waals surface area contributed by atoms with Gasteiger partial charge in [-0.05, 0) is 73.0 Å². The molecule has 1 unspecified atom stereocenters. The first-order valence-electron chi connectivity index (χ1n) is 11.4. The lowest BCUT2D eigenvalue weighted by molar-refractivity contribution is -0.140. The predicted octanol–water partition coefficient (Wildman–Crippen LogP) is 4.87. The van der Waals surface area contributed by atoms with Gasteiger partial charge in [0.2, 0.25) is 0 Å². The maximum Gasteiger partial charge on any atom is 0.295 e. The number of hydrogen-bond acceptors (Lipinski definition) is 6. The van der Waals surface area contributed by atoms with Crippen LogP contribution in [-0.4, -0.2) is 40.5 Å². The lowest BCUT2D eigenvalue weighted by Gasteiger charge is -2.26. The number of rotatable bonds is 7. The van der Waals surface area contributed by atoms with E-state index in [1.54, 1.807) is 44.2 Å². The maximum absolute atomic E-state index is 13.9. The number of aryl methyl sites for hydroxylation is 1. The van der Waals surface area contributed by atoms with E-state index < -0.39 is 29.3 Å². The topological polar surface area (TPSA) is 96.3 Å². The van der Waals surface area contributed by atoms with Crippen molar-refractivity contribution in [1.82, 2.24) is 4.90 Å². The SMILES string of the molecule is CCOc1cc(C2/C(=C(/O)c3ccc(F)c(C)c3)C(=O)C(=O)N2Cc2cccc(OC)c2)ccc1O. The Morgan fingerprint density at radius 3 is 2.56 bits per heavy atom.